The predicted molar refractivity (Wildman–Crippen MR) is 48.8 cm³/mol. The molecule has 0 radical (unpaired) electrons. The fraction of sp³-hybridized carbons (Fsp3) is 0. The van der Waals surface area contributed by atoms with Gasteiger partial charge in [-0.15, -0.1) is 0 Å². The van der Waals surface area contributed by atoms with Crippen molar-refractivity contribution in [1.29, 1.82) is 0 Å². The molecular weight excluding hydrogens is 230 g/mol. The van der Waals surface area contributed by atoms with Gasteiger partial charge in [-0.1, -0.05) is 12.1 Å². The van der Waals surface area contributed by atoms with Crippen LogP contribution in [0, 0.1) is 10.1 Å². The highest BCUT2D eigenvalue weighted by Gasteiger charge is 2.33. The van der Waals surface area contributed by atoms with Crippen molar-refractivity contribution >= 4 is 24.1 Å². The Labute approximate surface area is 86.7 Å². The van der Waals surface area contributed by atoms with Gasteiger partial charge in [0.25, 0.3) is 0 Å². The van der Waals surface area contributed by atoms with Crippen molar-refractivity contribution in [3.05, 3.63) is 33.9 Å². The summed E-state index contributed by atoms with van der Waals surface area (Å²) in [5.74, 6) is -1.52. The lowest BCUT2D eigenvalue weighted by Gasteiger charge is -2.14. The number of nitro groups is 1. The number of carboxylic acids is 1. The van der Waals surface area contributed by atoms with E-state index in [2.05, 4.69) is 0 Å². The van der Waals surface area contributed by atoms with Crippen LogP contribution in [0.5, 0.6) is 0 Å². The molecule has 1 aromatic rings. The summed E-state index contributed by atoms with van der Waals surface area (Å²) in [4.78, 5) is 19.6. The van der Waals surface area contributed by atoms with Crippen LogP contribution in [0.3, 0.4) is 0 Å². The zero-order chi connectivity index (χ0) is 12.5. The van der Waals surface area contributed by atoms with Crippen LogP contribution < -0.4 is 5.46 Å². The molecule has 1 aromatic carbocycles. The van der Waals surface area contributed by atoms with E-state index in [0.717, 1.165) is 0 Å². The Kier molecular flexibility index (Phi) is 2.88. The van der Waals surface area contributed by atoms with Gasteiger partial charge in [0.05, 0.1) is 10.5 Å². The van der Waals surface area contributed by atoms with Gasteiger partial charge in [-0.3, -0.25) is 10.1 Å². The molecule has 9 heteroatoms. The first kappa shape index (κ1) is 12.0. The largest absolute Gasteiger partial charge is 0.516 e. The summed E-state index contributed by atoms with van der Waals surface area (Å²) < 4.78 is 37.1. The fourth-order valence-electron chi connectivity index (χ4n) is 1.11. The maximum Gasteiger partial charge on any atom is 0.516 e. The van der Waals surface area contributed by atoms with Crippen LogP contribution in [0.15, 0.2) is 18.2 Å². The molecule has 16 heavy (non-hydrogen) atoms. The van der Waals surface area contributed by atoms with Crippen molar-refractivity contribution in [3.63, 3.8) is 0 Å². The molecule has 0 atom stereocenters. The second-order valence-corrected chi connectivity index (χ2v) is 2.91. The summed E-state index contributed by atoms with van der Waals surface area (Å²) in [7, 11) is 0. The normalized spacial score (nSPS) is 11.2. The predicted octanol–water partition coefficient (Wildman–Crippen LogP) is 1.35. The molecule has 0 aliphatic carbocycles. The number of carbonyl (C=O) groups is 1. The van der Waals surface area contributed by atoms with E-state index < -0.39 is 34.6 Å². The van der Waals surface area contributed by atoms with E-state index in [1.165, 1.54) is 0 Å². The van der Waals surface area contributed by atoms with Crippen LogP contribution in [-0.2, 0) is 0 Å². The van der Waals surface area contributed by atoms with Gasteiger partial charge in [-0.2, -0.15) is 0 Å². The molecule has 0 bridgehead atoms. The Morgan fingerprint density at radius 2 is 1.94 bits per heavy atom. The van der Waals surface area contributed by atoms with Gasteiger partial charge >= 0.3 is 12.9 Å². The molecule has 0 amide bonds. The maximum atomic E-state index is 12.4. The van der Waals surface area contributed by atoms with Gasteiger partial charge in [0.15, 0.2) is 0 Å². The average Bonchev–Trinajstić information content (AvgIpc) is 2.15. The van der Waals surface area contributed by atoms with Gasteiger partial charge in [-0.05, 0) is 5.46 Å². The third-order valence-electron chi connectivity index (χ3n) is 1.83. The third kappa shape index (κ3) is 2.30. The van der Waals surface area contributed by atoms with E-state index in [4.69, 9.17) is 5.11 Å². The highest BCUT2D eigenvalue weighted by molar-refractivity contribution is 6.74. The highest BCUT2D eigenvalue weighted by Crippen LogP contribution is 2.19. The van der Waals surface area contributed by atoms with E-state index in [1.54, 1.807) is 0 Å². The molecular formula is C7H4BF3NO4-. The number of nitro benzene ring substituents is 1. The minimum atomic E-state index is -5.54. The number of hydrogen-bond acceptors (Lipinski definition) is 3. The molecule has 0 fully saturated rings. The van der Waals surface area contributed by atoms with Crippen LogP contribution in [-0.4, -0.2) is 23.0 Å². The standard InChI is InChI=1S/C7H4BF3NO4/c9-8(10,11)5-2-1-4(7(13)14)3-6(5)12(15)16/h1-3H,(H,13,14)/q-1. The highest BCUT2D eigenvalue weighted by atomic mass is 19.4. The Morgan fingerprint density at radius 1 is 1.38 bits per heavy atom. The van der Waals surface area contributed by atoms with Crippen molar-refractivity contribution in [2.24, 2.45) is 0 Å². The molecule has 86 valence electrons. The summed E-state index contributed by atoms with van der Waals surface area (Å²) in [6.45, 7) is -5.54. The quantitative estimate of drug-likeness (QED) is 0.486. The lowest BCUT2D eigenvalue weighted by Crippen LogP contribution is -2.36. The average molecular weight is 234 g/mol. The second kappa shape index (κ2) is 3.84. The monoisotopic (exact) mass is 234 g/mol. The van der Waals surface area contributed by atoms with Crippen LogP contribution in [0.25, 0.3) is 0 Å². The molecule has 0 aromatic heterocycles. The summed E-state index contributed by atoms with van der Waals surface area (Å²) in [6, 6.07) is 1.48. The number of benzene rings is 1. The van der Waals surface area contributed by atoms with Gasteiger partial charge in [0.1, 0.15) is 0 Å². The third-order valence-corrected chi connectivity index (χ3v) is 1.83. The summed E-state index contributed by atoms with van der Waals surface area (Å²) in [6.07, 6.45) is 0. The molecule has 0 heterocycles. The first-order valence-electron chi connectivity index (χ1n) is 3.95. The van der Waals surface area contributed by atoms with E-state index in [9.17, 15) is 27.9 Å². The van der Waals surface area contributed by atoms with Gasteiger partial charge in [0.2, 0.25) is 5.69 Å². The summed E-state index contributed by atoms with van der Waals surface area (Å²) >= 11 is 0. The first-order valence-corrected chi connectivity index (χ1v) is 3.95. The number of rotatable bonds is 3. The lowest BCUT2D eigenvalue weighted by molar-refractivity contribution is -0.383. The first-order chi connectivity index (χ1) is 7.23. The minimum absolute atomic E-state index is 0.396. The van der Waals surface area contributed by atoms with E-state index in [0.29, 0.717) is 18.2 Å². The molecule has 0 aliphatic rings. The molecule has 0 spiro atoms. The molecule has 1 N–H and O–H groups in total. The van der Waals surface area contributed by atoms with Crippen LogP contribution in [0.4, 0.5) is 18.6 Å². The zero-order valence-electron chi connectivity index (χ0n) is 7.56. The molecule has 0 saturated carbocycles. The van der Waals surface area contributed by atoms with E-state index >= 15 is 0 Å². The van der Waals surface area contributed by atoms with Gasteiger partial charge in [0, 0.05) is 6.07 Å². The summed E-state index contributed by atoms with van der Waals surface area (Å²) in [5, 5.41) is 18.9. The van der Waals surface area contributed by atoms with Crippen LogP contribution in [0.2, 0.25) is 0 Å². The van der Waals surface area contributed by atoms with Crippen molar-refractivity contribution in [2.45, 2.75) is 0 Å². The Balaban J connectivity index is 3.43. The SMILES string of the molecule is O=C(O)c1ccc([B-](F)(F)F)c([N+](=O)[O-])c1. The lowest BCUT2D eigenvalue weighted by atomic mass is 9.78. The Bertz CT molecular complexity index is 459. The van der Waals surface area contributed by atoms with Crippen LogP contribution in [0.1, 0.15) is 10.4 Å². The molecule has 0 unspecified atom stereocenters. The topological polar surface area (TPSA) is 80.4 Å². The van der Waals surface area contributed by atoms with Crippen molar-refractivity contribution in [2.75, 3.05) is 0 Å². The van der Waals surface area contributed by atoms with Crippen molar-refractivity contribution < 1.29 is 27.8 Å². The van der Waals surface area contributed by atoms with E-state index in [1.807, 2.05) is 0 Å². The van der Waals surface area contributed by atoms with E-state index in [-0.39, 0.29) is 0 Å². The maximum absolute atomic E-state index is 12.4. The number of carboxylic acid groups (broad SMARTS) is 1. The molecule has 0 aliphatic heterocycles. The number of aromatic carboxylic acids is 1. The van der Waals surface area contributed by atoms with Crippen LogP contribution >= 0.6 is 0 Å². The number of hydrogen-bond donors (Lipinski definition) is 1. The Hall–Kier alpha value is -2.06. The number of halogens is 3. The smallest absolute Gasteiger partial charge is 0.478 e. The molecule has 5 nitrogen and oxygen atoms in total. The Morgan fingerprint density at radius 3 is 2.31 bits per heavy atom. The second-order valence-electron chi connectivity index (χ2n) is 2.91. The van der Waals surface area contributed by atoms with Gasteiger partial charge < -0.3 is 18.1 Å². The molecule has 1 rings (SSSR count). The summed E-state index contributed by atoms with van der Waals surface area (Å²) in [5.41, 5.74) is -3.21. The zero-order valence-corrected chi connectivity index (χ0v) is 7.56. The van der Waals surface area contributed by atoms with Crippen molar-refractivity contribution in [1.82, 2.24) is 0 Å². The van der Waals surface area contributed by atoms with Crippen molar-refractivity contribution in [3.8, 4) is 0 Å². The number of nitrogens with zero attached hydrogens (tertiary/aromatic N) is 1. The minimum Gasteiger partial charge on any atom is -0.478 e. The molecule has 0 saturated heterocycles. The van der Waals surface area contributed by atoms with Gasteiger partial charge in [-0.25, -0.2) is 4.79 Å². The fourth-order valence-corrected chi connectivity index (χ4v) is 1.11.